The summed E-state index contributed by atoms with van der Waals surface area (Å²) in [5.74, 6) is 1.37. The molecule has 0 heterocycles. The van der Waals surface area contributed by atoms with E-state index in [1.807, 2.05) is 44.2 Å². The molecule has 0 radical (unpaired) electrons. The van der Waals surface area contributed by atoms with E-state index in [9.17, 15) is 4.79 Å². The van der Waals surface area contributed by atoms with Crippen LogP contribution in [0.4, 0.5) is 0 Å². The van der Waals surface area contributed by atoms with Crippen molar-refractivity contribution in [3.05, 3.63) is 64.7 Å². The first kappa shape index (κ1) is 15.8. The van der Waals surface area contributed by atoms with Crippen molar-refractivity contribution in [2.45, 2.75) is 13.8 Å². The van der Waals surface area contributed by atoms with Crippen LogP contribution in [0.3, 0.4) is 0 Å². The summed E-state index contributed by atoms with van der Waals surface area (Å²) in [4.78, 5) is 12.4. The zero-order valence-corrected chi connectivity index (χ0v) is 13.3. The zero-order chi connectivity index (χ0) is 16.1. The molecule has 0 aliphatic carbocycles. The summed E-state index contributed by atoms with van der Waals surface area (Å²) >= 11 is 0. The number of carbonyl (C=O) groups is 1. The lowest BCUT2D eigenvalue weighted by Crippen LogP contribution is -1.98. The van der Waals surface area contributed by atoms with E-state index in [0.717, 1.165) is 28.0 Å². The molecule has 0 amide bonds. The van der Waals surface area contributed by atoms with Gasteiger partial charge in [-0.2, -0.15) is 0 Å². The highest BCUT2D eigenvalue weighted by atomic mass is 16.5. The summed E-state index contributed by atoms with van der Waals surface area (Å²) in [5.41, 5.74) is 3.61. The van der Waals surface area contributed by atoms with Crippen LogP contribution < -0.4 is 9.47 Å². The second-order valence-corrected chi connectivity index (χ2v) is 5.12. The number of methoxy groups -OCH3 is 2. The first-order chi connectivity index (χ1) is 10.5. The average molecular weight is 296 g/mol. The number of carbonyl (C=O) groups excluding carboxylic acids is 1. The quantitative estimate of drug-likeness (QED) is 0.612. The summed E-state index contributed by atoms with van der Waals surface area (Å²) < 4.78 is 10.5. The standard InChI is InChI=1S/C19H20O3/c1-13-5-6-14(2)17(11-13)18(20)10-8-15-7-9-16(21-3)12-19(15)22-4/h5-12H,1-4H3/b10-8+. The Hall–Kier alpha value is -2.55. The van der Waals surface area contributed by atoms with Gasteiger partial charge in [-0.15, -0.1) is 0 Å². The SMILES string of the molecule is COc1ccc(/C=C/C(=O)c2cc(C)ccc2C)c(OC)c1. The number of rotatable bonds is 5. The summed E-state index contributed by atoms with van der Waals surface area (Å²) in [7, 11) is 3.20. The minimum Gasteiger partial charge on any atom is -0.497 e. The van der Waals surface area contributed by atoms with Crippen LogP contribution in [0.5, 0.6) is 11.5 Å². The van der Waals surface area contributed by atoms with Gasteiger partial charge in [-0.3, -0.25) is 4.79 Å². The van der Waals surface area contributed by atoms with E-state index in [-0.39, 0.29) is 5.78 Å². The molecule has 0 aliphatic heterocycles. The molecule has 3 heteroatoms. The highest BCUT2D eigenvalue weighted by Gasteiger charge is 2.07. The predicted octanol–water partition coefficient (Wildman–Crippen LogP) is 4.22. The summed E-state index contributed by atoms with van der Waals surface area (Å²) in [5, 5.41) is 0. The fourth-order valence-electron chi connectivity index (χ4n) is 2.21. The number of ketones is 1. The second kappa shape index (κ2) is 6.94. The molecule has 0 bridgehead atoms. The molecule has 22 heavy (non-hydrogen) atoms. The Balaban J connectivity index is 2.28. The van der Waals surface area contributed by atoms with Crippen molar-refractivity contribution in [3.63, 3.8) is 0 Å². The first-order valence-corrected chi connectivity index (χ1v) is 7.07. The number of aryl methyl sites for hydroxylation is 2. The fourth-order valence-corrected chi connectivity index (χ4v) is 2.21. The molecule has 0 spiro atoms. The van der Waals surface area contributed by atoms with Crippen LogP contribution in [0.1, 0.15) is 27.0 Å². The van der Waals surface area contributed by atoms with Gasteiger partial charge in [0.05, 0.1) is 14.2 Å². The third-order valence-corrected chi connectivity index (χ3v) is 3.51. The van der Waals surface area contributed by atoms with Crippen LogP contribution in [0, 0.1) is 13.8 Å². The molecular formula is C19H20O3. The zero-order valence-electron chi connectivity index (χ0n) is 13.3. The number of hydrogen-bond acceptors (Lipinski definition) is 3. The smallest absolute Gasteiger partial charge is 0.186 e. The van der Waals surface area contributed by atoms with Gasteiger partial charge in [-0.25, -0.2) is 0 Å². The minimum atomic E-state index is -0.0147. The van der Waals surface area contributed by atoms with Crippen molar-refractivity contribution in [1.82, 2.24) is 0 Å². The largest absolute Gasteiger partial charge is 0.497 e. The maximum Gasteiger partial charge on any atom is 0.186 e. The van der Waals surface area contributed by atoms with Gasteiger partial charge < -0.3 is 9.47 Å². The summed E-state index contributed by atoms with van der Waals surface area (Å²) in [6, 6.07) is 11.4. The number of allylic oxidation sites excluding steroid dienone is 1. The average Bonchev–Trinajstić information content (AvgIpc) is 2.54. The molecule has 0 unspecified atom stereocenters. The first-order valence-electron chi connectivity index (χ1n) is 7.07. The van der Waals surface area contributed by atoms with Crippen LogP contribution in [0.15, 0.2) is 42.5 Å². The molecule has 2 aromatic rings. The van der Waals surface area contributed by atoms with E-state index in [1.54, 1.807) is 32.4 Å². The Morgan fingerprint density at radius 3 is 2.45 bits per heavy atom. The Kier molecular flexibility index (Phi) is 4.99. The molecule has 3 nitrogen and oxygen atoms in total. The predicted molar refractivity (Wildman–Crippen MR) is 88.8 cm³/mol. The molecule has 0 atom stereocenters. The summed E-state index contributed by atoms with van der Waals surface area (Å²) in [6.45, 7) is 3.92. The van der Waals surface area contributed by atoms with Gasteiger partial charge in [-0.1, -0.05) is 17.7 Å². The van der Waals surface area contributed by atoms with Crippen LogP contribution in [0.2, 0.25) is 0 Å². The fraction of sp³-hybridized carbons (Fsp3) is 0.211. The van der Waals surface area contributed by atoms with E-state index in [4.69, 9.17) is 9.47 Å². The van der Waals surface area contributed by atoms with Crippen LogP contribution in [-0.2, 0) is 0 Å². The van der Waals surface area contributed by atoms with Gasteiger partial charge in [0.15, 0.2) is 5.78 Å². The van der Waals surface area contributed by atoms with Crippen LogP contribution in [-0.4, -0.2) is 20.0 Å². The number of benzene rings is 2. The van der Waals surface area contributed by atoms with Gasteiger partial charge in [0.2, 0.25) is 0 Å². The van der Waals surface area contributed by atoms with Gasteiger partial charge in [0.25, 0.3) is 0 Å². The Morgan fingerprint density at radius 1 is 1.00 bits per heavy atom. The van der Waals surface area contributed by atoms with E-state index >= 15 is 0 Å². The molecule has 0 saturated heterocycles. The van der Waals surface area contributed by atoms with Crippen molar-refractivity contribution in [3.8, 4) is 11.5 Å². The maximum absolute atomic E-state index is 12.4. The second-order valence-electron chi connectivity index (χ2n) is 5.12. The van der Waals surface area contributed by atoms with Gasteiger partial charge in [0.1, 0.15) is 11.5 Å². The molecule has 0 aromatic heterocycles. The van der Waals surface area contributed by atoms with Crippen LogP contribution in [0.25, 0.3) is 6.08 Å². The number of ether oxygens (including phenoxy) is 2. The lowest BCUT2D eigenvalue weighted by molar-refractivity contribution is 0.104. The normalized spacial score (nSPS) is 10.7. The third kappa shape index (κ3) is 3.55. The monoisotopic (exact) mass is 296 g/mol. The van der Waals surface area contributed by atoms with Crippen molar-refractivity contribution >= 4 is 11.9 Å². The molecule has 0 N–H and O–H groups in total. The van der Waals surface area contributed by atoms with Gasteiger partial charge in [0, 0.05) is 17.2 Å². The summed E-state index contributed by atoms with van der Waals surface area (Å²) in [6.07, 6.45) is 3.34. The Morgan fingerprint density at radius 2 is 1.77 bits per heavy atom. The molecule has 0 fully saturated rings. The van der Waals surface area contributed by atoms with Crippen molar-refractivity contribution in [2.75, 3.05) is 14.2 Å². The van der Waals surface area contributed by atoms with E-state index < -0.39 is 0 Å². The third-order valence-electron chi connectivity index (χ3n) is 3.51. The highest BCUT2D eigenvalue weighted by molar-refractivity contribution is 6.08. The Bertz CT molecular complexity index is 715. The molecule has 114 valence electrons. The molecular weight excluding hydrogens is 276 g/mol. The highest BCUT2D eigenvalue weighted by Crippen LogP contribution is 2.25. The Labute approximate surface area is 131 Å². The molecule has 0 aliphatic rings. The van der Waals surface area contributed by atoms with Gasteiger partial charge >= 0.3 is 0 Å². The van der Waals surface area contributed by atoms with E-state index in [2.05, 4.69) is 0 Å². The minimum absolute atomic E-state index is 0.0147. The lowest BCUT2D eigenvalue weighted by atomic mass is 10.0. The molecule has 2 rings (SSSR count). The molecule has 0 saturated carbocycles. The number of hydrogen-bond donors (Lipinski definition) is 0. The van der Waals surface area contributed by atoms with Crippen molar-refractivity contribution in [2.24, 2.45) is 0 Å². The lowest BCUT2D eigenvalue weighted by Gasteiger charge is -2.07. The maximum atomic E-state index is 12.4. The van der Waals surface area contributed by atoms with Crippen LogP contribution >= 0.6 is 0 Å². The van der Waals surface area contributed by atoms with Crippen molar-refractivity contribution in [1.29, 1.82) is 0 Å². The van der Waals surface area contributed by atoms with Crippen molar-refractivity contribution < 1.29 is 14.3 Å². The topological polar surface area (TPSA) is 35.5 Å². The van der Waals surface area contributed by atoms with E-state index in [1.165, 1.54) is 0 Å². The van der Waals surface area contributed by atoms with Gasteiger partial charge in [-0.05, 0) is 49.8 Å². The molecule has 2 aromatic carbocycles. The van der Waals surface area contributed by atoms with E-state index in [0.29, 0.717) is 5.75 Å².